The van der Waals surface area contributed by atoms with Crippen molar-refractivity contribution in [2.75, 3.05) is 13.2 Å². The number of hydrogen-bond donors (Lipinski definition) is 1. The van der Waals surface area contributed by atoms with Crippen LogP contribution in [0.2, 0.25) is 0 Å². The van der Waals surface area contributed by atoms with Crippen molar-refractivity contribution >= 4 is 12.3 Å². The zero-order valence-corrected chi connectivity index (χ0v) is 10.7. The van der Waals surface area contributed by atoms with Crippen molar-refractivity contribution in [1.82, 2.24) is 0 Å². The van der Waals surface area contributed by atoms with E-state index in [-0.39, 0.29) is 19.6 Å². The quantitative estimate of drug-likeness (QED) is 0.193. The highest BCUT2D eigenvalue weighted by Crippen LogP contribution is 2.15. The van der Waals surface area contributed by atoms with E-state index >= 15 is 0 Å². The second-order valence-electron chi connectivity index (χ2n) is 4.39. The van der Waals surface area contributed by atoms with E-state index in [1.54, 1.807) is 20.8 Å². The van der Waals surface area contributed by atoms with Crippen molar-refractivity contribution in [2.45, 2.75) is 32.8 Å². The van der Waals surface area contributed by atoms with Crippen LogP contribution in [0.5, 0.6) is 0 Å². The van der Waals surface area contributed by atoms with Gasteiger partial charge in [0.25, 0.3) is 0 Å². The Kier molecular flexibility index (Phi) is 6.60. The van der Waals surface area contributed by atoms with Gasteiger partial charge in [0.15, 0.2) is 10.7 Å². The van der Waals surface area contributed by atoms with E-state index in [9.17, 15) is 14.7 Å². The Balaban J connectivity index is 4.58. The molecule has 0 spiro atoms. The lowest BCUT2D eigenvalue weighted by Gasteiger charge is -2.16. The number of ether oxygens (including phenoxy) is 2. The normalized spacial score (nSPS) is 12.3. The molecule has 7 heteroatoms. The molecule has 0 saturated carbocycles. The fraction of sp³-hybridized carbons (Fsp3) is 0.636. The molecular weight excluding hydrogens is 240 g/mol. The monoisotopic (exact) mass is 257 g/mol. The molecule has 0 aliphatic carbocycles. The van der Waals surface area contributed by atoms with Crippen molar-refractivity contribution in [3.05, 3.63) is 16.4 Å². The largest absolute Gasteiger partial charge is 0.505 e. The smallest absolute Gasteiger partial charge is 0.505 e. The maximum absolute atomic E-state index is 11.5. The van der Waals surface area contributed by atoms with Gasteiger partial charge in [0.05, 0.1) is 6.61 Å². The summed E-state index contributed by atoms with van der Waals surface area (Å²) in [5, 5.41) is 18.2. The first-order chi connectivity index (χ1) is 8.31. The minimum atomic E-state index is -0.933. The average molecular weight is 257 g/mol. The van der Waals surface area contributed by atoms with Gasteiger partial charge in [0, 0.05) is 6.42 Å². The first-order valence-electron chi connectivity index (χ1n) is 5.33. The topological polar surface area (TPSA) is 101 Å². The average Bonchev–Trinajstić information content (AvgIpc) is 2.23. The zero-order valence-electron chi connectivity index (χ0n) is 10.7. The molecule has 0 unspecified atom stereocenters. The van der Waals surface area contributed by atoms with Crippen LogP contribution >= 0.6 is 0 Å². The Morgan fingerprint density at radius 2 is 2.06 bits per heavy atom. The summed E-state index contributed by atoms with van der Waals surface area (Å²) in [7, 11) is 0. The molecular formula is C11H17N2O5+. The lowest BCUT2D eigenvalue weighted by Crippen LogP contribution is -2.25. The minimum Gasteiger partial charge on any atom is -0.505 e. The van der Waals surface area contributed by atoms with E-state index in [1.807, 2.05) is 0 Å². The Morgan fingerprint density at radius 3 is 2.50 bits per heavy atom. The SMILES string of the molecule is CC(C)(C)OC(=O)/C([N+]#N)=C(\O)CCOCC=O. The lowest BCUT2D eigenvalue weighted by atomic mass is 10.2. The van der Waals surface area contributed by atoms with Gasteiger partial charge in [-0.05, 0) is 20.8 Å². The molecule has 1 N–H and O–H groups in total. The van der Waals surface area contributed by atoms with E-state index in [1.165, 1.54) is 0 Å². The third kappa shape index (κ3) is 6.60. The number of esters is 1. The molecule has 100 valence electrons. The van der Waals surface area contributed by atoms with Crippen LogP contribution in [-0.4, -0.2) is 36.2 Å². The second kappa shape index (κ2) is 7.40. The number of hydrogen-bond acceptors (Lipinski definition) is 6. The summed E-state index contributed by atoms with van der Waals surface area (Å²) >= 11 is 0. The van der Waals surface area contributed by atoms with Crippen LogP contribution in [0.3, 0.4) is 0 Å². The Hall–Kier alpha value is -1.94. The van der Waals surface area contributed by atoms with Gasteiger partial charge in [-0.25, -0.2) is 4.79 Å². The standard InChI is InChI=1S/C11H16N2O5/c1-11(2,3)18-10(16)9(13-12)8(15)4-6-17-7-5-14/h5H,4,6-7H2,1-3H3/p+1. The Bertz CT molecular complexity index is 376. The maximum Gasteiger partial charge on any atom is 0.505 e. The van der Waals surface area contributed by atoms with Gasteiger partial charge in [-0.3, -0.25) is 0 Å². The summed E-state index contributed by atoms with van der Waals surface area (Å²) in [5.41, 5.74) is -1.33. The van der Waals surface area contributed by atoms with Crippen molar-refractivity contribution < 1.29 is 24.2 Å². The lowest BCUT2D eigenvalue weighted by molar-refractivity contribution is -0.149. The van der Waals surface area contributed by atoms with Crippen LogP contribution < -0.4 is 0 Å². The molecule has 0 rings (SSSR count). The predicted molar refractivity (Wildman–Crippen MR) is 62.1 cm³/mol. The van der Waals surface area contributed by atoms with E-state index in [2.05, 4.69) is 4.98 Å². The molecule has 0 aliphatic rings. The first-order valence-corrected chi connectivity index (χ1v) is 5.33. The number of diazo groups is 1. The van der Waals surface area contributed by atoms with Crippen LogP contribution in [-0.2, 0) is 19.1 Å². The van der Waals surface area contributed by atoms with Gasteiger partial charge >= 0.3 is 11.7 Å². The van der Waals surface area contributed by atoms with Crippen molar-refractivity contribution in [3.63, 3.8) is 0 Å². The molecule has 18 heavy (non-hydrogen) atoms. The van der Waals surface area contributed by atoms with E-state index in [4.69, 9.17) is 14.9 Å². The van der Waals surface area contributed by atoms with Crippen LogP contribution in [0.15, 0.2) is 11.5 Å². The second-order valence-corrected chi connectivity index (χ2v) is 4.39. The summed E-state index contributed by atoms with van der Waals surface area (Å²) in [4.78, 5) is 24.2. The zero-order chi connectivity index (χ0) is 14.2. The number of aldehydes is 1. The van der Waals surface area contributed by atoms with E-state index in [0.29, 0.717) is 6.29 Å². The number of aliphatic hydroxyl groups excluding tert-OH is 1. The van der Waals surface area contributed by atoms with Gasteiger partial charge in [0.2, 0.25) is 5.39 Å². The highest BCUT2D eigenvalue weighted by molar-refractivity contribution is 5.91. The number of aliphatic hydroxyl groups is 1. The van der Waals surface area contributed by atoms with Gasteiger partial charge in [-0.2, -0.15) is 0 Å². The molecule has 0 saturated heterocycles. The first kappa shape index (κ1) is 16.1. The van der Waals surface area contributed by atoms with Crippen LogP contribution in [0.25, 0.3) is 4.98 Å². The maximum atomic E-state index is 11.5. The molecule has 0 radical (unpaired) electrons. The van der Waals surface area contributed by atoms with E-state index in [0.717, 1.165) is 0 Å². The fourth-order valence-corrected chi connectivity index (χ4v) is 0.961. The molecule has 7 nitrogen and oxygen atoms in total. The van der Waals surface area contributed by atoms with Gasteiger partial charge in [-0.1, -0.05) is 0 Å². The van der Waals surface area contributed by atoms with Crippen LogP contribution in [0.4, 0.5) is 0 Å². The molecule has 0 atom stereocenters. The number of rotatable bonds is 6. The Labute approximate surface area is 105 Å². The van der Waals surface area contributed by atoms with Crippen LogP contribution in [0, 0.1) is 5.39 Å². The third-order valence-electron chi connectivity index (χ3n) is 1.63. The van der Waals surface area contributed by atoms with Gasteiger partial charge < -0.3 is 19.4 Å². The number of nitrogens with zero attached hydrogens (tertiary/aromatic N) is 2. The highest BCUT2D eigenvalue weighted by atomic mass is 16.6. The minimum absolute atomic E-state index is 0.0202. The predicted octanol–water partition coefficient (Wildman–Crippen LogP) is 1.56. The molecule has 0 aromatic carbocycles. The van der Waals surface area contributed by atoms with E-state index < -0.39 is 23.0 Å². The summed E-state index contributed by atoms with van der Waals surface area (Å²) in [6, 6.07) is 0. The summed E-state index contributed by atoms with van der Waals surface area (Å²) < 4.78 is 9.72. The summed E-state index contributed by atoms with van der Waals surface area (Å²) in [6.45, 7) is 4.84. The van der Waals surface area contributed by atoms with Crippen molar-refractivity contribution in [1.29, 1.82) is 5.39 Å². The molecule has 0 aliphatic heterocycles. The molecule has 0 aromatic rings. The molecule has 0 fully saturated rings. The molecule has 0 bridgehead atoms. The van der Waals surface area contributed by atoms with Gasteiger partial charge in [-0.15, -0.1) is 0 Å². The third-order valence-corrected chi connectivity index (χ3v) is 1.63. The summed E-state index contributed by atoms with van der Waals surface area (Å²) in [6.07, 6.45) is 0.498. The molecule has 0 aromatic heterocycles. The summed E-state index contributed by atoms with van der Waals surface area (Å²) in [5.74, 6) is -1.39. The fourth-order valence-electron chi connectivity index (χ4n) is 0.961. The molecule has 0 amide bonds. The van der Waals surface area contributed by atoms with Crippen molar-refractivity contribution in [2.24, 2.45) is 0 Å². The molecule has 0 heterocycles. The van der Waals surface area contributed by atoms with Gasteiger partial charge in [0.1, 0.15) is 18.5 Å². The highest BCUT2D eigenvalue weighted by Gasteiger charge is 2.33. The number of carbonyl (C=O) groups excluding carboxylic acids is 2. The van der Waals surface area contributed by atoms with Crippen molar-refractivity contribution in [3.8, 4) is 0 Å². The Morgan fingerprint density at radius 1 is 1.44 bits per heavy atom. The van der Waals surface area contributed by atoms with Crippen LogP contribution in [0.1, 0.15) is 27.2 Å². The number of carbonyl (C=O) groups is 2.